The van der Waals surface area contributed by atoms with Crippen molar-refractivity contribution in [3.63, 3.8) is 0 Å². The number of rotatable bonds is 4. The summed E-state index contributed by atoms with van der Waals surface area (Å²) in [5, 5.41) is 2.91. The first-order valence-electron chi connectivity index (χ1n) is 17.5. The van der Waals surface area contributed by atoms with Gasteiger partial charge in [0.1, 0.15) is 0 Å². The summed E-state index contributed by atoms with van der Waals surface area (Å²) in [6, 6.07) is 32.1. The van der Waals surface area contributed by atoms with Gasteiger partial charge in [0.25, 0.3) is 0 Å². The first-order valence-corrected chi connectivity index (χ1v) is 19.3. The van der Waals surface area contributed by atoms with Crippen molar-refractivity contribution < 1.29 is 0 Å². The van der Waals surface area contributed by atoms with Crippen LogP contribution < -0.4 is 10.6 Å². The van der Waals surface area contributed by atoms with Crippen LogP contribution in [0.25, 0.3) is 22.3 Å². The lowest BCUT2D eigenvalue weighted by atomic mass is 9.79. The van der Waals surface area contributed by atoms with E-state index in [9.17, 15) is 0 Å². The minimum Gasteiger partial charge on any atom is -0.0622 e. The Kier molecular flexibility index (Phi) is 9.83. The third-order valence-electron chi connectivity index (χ3n) is 9.47. The molecule has 0 amide bonds. The highest BCUT2D eigenvalue weighted by molar-refractivity contribution is 7.42. The molecule has 0 N–H and O–H groups in total. The normalized spacial score (nSPS) is 13.9. The van der Waals surface area contributed by atoms with Crippen LogP contribution in [-0.4, -0.2) is 0 Å². The van der Waals surface area contributed by atoms with Gasteiger partial charge in [-0.3, -0.25) is 0 Å². The predicted octanol–water partition coefficient (Wildman–Crippen LogP) is 13.3. The van der Waals surface area contributed by atoms with E-state index in [0.29, 0.717) is 0 Å². The van der Waals surface area contributed by atoms with Crippen LogP contribution in [0, 0.1) is 23.7 Å². The summed E-state index contributed by atoms with van der Waals surface area (Å²) in [4.78, 5) is 2.91. The molecule has 0 bridgehead atoms. The second-order valence-corrected chi connectivity index (χ2v) is 20.0. The van der Waals surface area contributed by atoms with Gasteiger partial charge in [0.15, 0.2) is 0 Å². The van der Waals surface area contributed by atoms with Gasteiger partial charge in [-0.2, -0.15) is 0 Å². The summed E-state index contributed by atoms with van der Waals surface area (Å²) < 4.78 is 0. The Labute approximate surface area is 295 Å². The Morgan fingerprint density at radius 2 is 0.708 bits per heavy atom. The molecule has 0 aliphatic rings. The van der Waals surface area contributed by atoms with Gasteiger partial charge in [-0.25, -0.2) is 0 Å². The fourth-order valence-corrected chi connectivity index (χ4v) is 9.90. The summed E-state index contributed by atoms with van der Waals surface area (Å²) in [7, 11) is 2.57. The molecule has 0 aromatic heterocycles. The summed E-state index contributed by atoms with van der Waals surface area (Å²) in [5.41, 5.74) is 14.1. The van der Waals surface area contributed by atoms with E-state index in [0.717, 1.165) is 0 Å². The number of aryl methyl sites for hydroxylation is 2. The SMILES string of the molecule is Cc1cc(C(C)(C)C)cc(C(C)(C)C)c1P=c1c(-c2ccccc2)c(-c2ccccc2)c1=Pc1c(C)cc(C(C)(C)C)cc1C(C)(C)C. The number of hydrogen-bond donors (Lipinski definition) is 0. The molecule has 0 saturated carbocycles. The molecule has 5 rings (SSSR count). The van der Waals surface area contributed by atoms with Crippen molar-refractivity contribution in [2.45, 2.75) is 119 Å². The molecule has 0 aliphatic heterocycles. The predicted molar refractivity (Wildman–Crippen MR) is 216 cm³/mol. The molecule has 0 unspecified atom stereocenters. The van der Waals surface area contributed by atoms with Gasteiger partial charge in [-0.05, 0) is 80.0 Å². The van der Waals surface area contributed by atoms with E-state index >= 15 is 0 Å². The minimum atomic E-state index is 0.0220. The van der Waals surface area contributed by atoms with Crippen molar-refractivity contribution in [1.29, 1.82) is 0 Å². The fourth-order valence-electron chi connectivity index (χ4n) is 6.49. The van der Waals surface area contributed by atoms with Crippen LogP contribution in [0.1, 0.15) is 116 Å². The second kappa shape index (κ2) is 13.0. The van der Waals surface area contributed by atoms with Crippen molar-refractivity contribution >= 4 is 27.0 Å². The molecule has 0 saturated heterocycles. The first-order chi connectivity index (χ1) is 22.2. The van der Waals surface area contributed by atoms with Crippen molar-refractivity contribution in [3.05, 3.63) is 128 Å². The Morgan fingerprint density at radius 3 is 0.979 bits per heavy atom. The molecule has 250 valence electrons. The highest BCUT2D eigenvalue weighted by atomic mass is 31.1. The second-order valence-electron chi connectivity index (χ2n) is 17.8. The topological polar surface area (TPSA) is 0 Å². The van der Waals surface area contributed by atoms with E-state index in [2.05, 4.69) is 182 Å². The van der Waals surface area contributed by atoms with E-state index in [1.165, 1.54) is 92.5 Å². The Balaban J connectivity index is 1.99. The number of benzene rings is 4. The zero-order valence-corrected chi connectivity index (χ0v) is 33.8. The van der Waals surface area contributed by atoms with E-state index in [1.54, 1.807) is 0 Å². The first kappa shape index (κ1) is 36.2. The standard InChI is InChI=1S/C46H56P2/c1-29-25-33(43(3,4)5)27-35(45(9,10)11)39(29)47-41-37(31-21-17-15-18-22-31)38(32-23-19-16-20-24-32)42(41)48-40-30(2)26-34(44(6,7)8)28-36(40)46(12,13)14/h15-28H,1-14H3. The van der Waals surface area contributed by atoms with Gasteiger partial charge >= 0.3 is 0 Å². The van der Waals surface area contributed by atoms with Crippen LogP contribution in [0.4, 0.5) is 0 Å². The molecular formula is C46H56P2. The third-order valence-corrected chi connectivity index (χ3v) is 12.6. The van der Waals surface area contributed by atoms with E-state index in [4.69, 9.17) is 0 Å². The van der Waals surface area contributed by atoms with Crippen molar-refractivity contribution in [2.24, 2.45) is 0 Å². The largest absolute Gasteiger partial charge is 0.0622 e. The highest BCUT2D eigenvalue weighted by Gasteiger charge is 2.27. The molecule has 5 aromatic carbocycles. The van der Waals surface area contributed by atoms with Crippen LogP contribution in [-0.2, 0) is 21.7 Å². The van der Waals surface area contributed by atoms with Crippen LogP contribution >= 0.6 is 16.4 Å². The van der Waals surface area contributed by atoms with Crippen LogP contribution in [0.15, 0.2) is 84.9 Å². The van der Waals surface area contributed by atoms with Gasteiger partial charge < -0.3 is 0 Å². The molecule has 5 aromatic rings. The molecule has 48 heavy (non-hydrogen) atoms. The van der Waals surface area contributed by atoms with Gasteiger partial charge in [0.2, 0.25) is 0 Å². The zero-order valence-electron chi connectivity index (χ0n) is 32.0. The van der Waals surface area contributed by atoms with Crippen LogP contribution in [0.3, 0.4) is 0 Å². The van der Waals surface area contributed by atoms with Gasteiger partial charge in [-0.15, -0.1) is 0 Å². The zero-order chi connectivity index (χ0) is 35.4. The van der Waals surface area contributed by atoms with Gasteiger partial charge in [0, 0.05) is 31.6 Å². The highest BCUT2D eigenvalue weighted by Crippen LogP contribution is 2.45. The van der Waals surface area contributed by atoms with Gasteiger partial charge in [-0.1, -0.05) is 184 Å². The summed E-state index contributed by atoms with van der Waals surface area (Å²) in [6.45, 7) is 32.9. The average molecular weight is 671 g/mol. The molecular weight excluding hydrogens is 614 g/mol. The Hall–Kier alpha value is -3.04. The lowest BCUT2D eigenvalue weighted by molar-refractivity contribution is 0.570. The molecule has 0 heterocycles. The van der Waals surface area contributed by atoms with Crippen molar-refractivity contribution in [3.8, 4) is 22.3 Å². The minimum absolute atomic E-state index is 0.0220. The quantitative estimate of drug-likeness (QED) is 0.167. The lowest BCUT2D eigenvalue weighted by Crippen LogP contribution is -2.24. The lowest BCUT2D eigenvalue weighted by Gasteiger charge is -2.29. The molecule has 0 atom stereocenters. The molecule has 2 heteroatoms. The molecule has 0 fully saturated rings. The maximum absolute atomic E-state index is 2.50. The van der Waals surface area contributed by atoms with E-state index < -0.39 is 0 Å². The van der Waals surface area contributed by atoms with E-state index in [1.807, 2.05) is 0 Å². The monoisotopic (exact) mass is 670 g/mol. The Bertz CT molecular complexity index is 1890. The molecule has 0 nitrogen and oxygen atoms in total. The molecule has 0 spiro atoms. The summed E-state index contributed by atoms with van der Waals surface area (Å²) in [6.07, 6.45) is 0. The van der Waals surface area contributed by atoms with E-state index in [-0.39, 0.29) is 21.7 Å². The van der Waals surface area contributed by atoms with Gasteiger partial charge in [0.05, 0.1) is 0 Å². The molecule has 0 aliphatic carbocycles. The average Bonchev–Trinajstić information content (AvgIpc) is 2.97. The Morgan fingerprint density at radius 1 is 0.396 bits per heavy atom. The van der Waals surface area contributed by atoms with Crippen molar-refractivity contribution in [1.82, 2.24) is 0 Å². The summed E-state index contributed by atoms with van der Waals surface area (Å²) >= 11 is 0. The summed E-state index contributed by atoms with van der Waals surface area (Å²) in [5.74, 6) is 0. The van der Waals surface area contributed by atoms with Crippen LogP contribution in [0.2, 0.25) is 0 Å². The molecule has 0 radical (unpaired) electrons. The third kappa shape index (κ3) is 7.42. The van der Waals surface area contributed by atoms with Crippen LogP contribution in [0.5, 0.6) is 0 Å². The number of hydrogen-bond acceptors (Lipinski definition) is 0. The van der Waals surface area contributed by atoms with Crippen molar-refractivity contribution in [2.75, 3.05) is 0 Å². The maximum Gasteiger partial charge on any atom is 0.0234 e. The smallest absolute Gasteiger partial charge is 0.0234 e. The maximum atomic E-state index is 2.50. The fraction of sp³-hybridized carbons (Fsp3) is 0.391.